The van der Waals surface area contributed by atoms with E-state index in [1.807, 2.05) is 13.0 Å². The summed E-state index contributed by atoms with van der Waals surface area (Å²) in [5.74, 6) is -0.827. The van der Waals surface area contributed by atoms with Crippen molar-refractivity contribution in [2.45, 2.75) is 25.0 Å². The number of hydrogen-bond acceptors (Lipinski definition) is 7. The molecular formula is C18H23N3O5S. The highest BCUT2D eigenvalue weighted by atomic mass is 32.2. The van der Waals surface area contributed by atoms with Crippen LogP contribution < -0.4 is 10.9 Å². The third kappa shape index (κ3) is 6.07. The molecule has 0 atom stereocenters. The average Bonchev–Trinajstić information content (AvgIpc) is 2.69. The molecule has 2 rings (SSSR count). The molecular weight excluding hydrogens is 370 g/mol. The molecule has 1 aromatic heterocycles. The first kappa shape index (κ1) is 20.9. The van der Waals surface area contributed by atoms with Gasteiger partial charge in [-0.2, -0.15) is 0 Å². The highest BCUT2D eigenvalue weighted by Crippen LogP contribution is 2.18. The lowest BCUT2D eigenvalue weighted by Gasteiger charge is -2.13. The molecule has 8 nitrogen and oxygen atoms in total. The van der Waals surface area contributed by atoms with Crippen molar-refractivity contribution in [3.05, 3.63) is 34.6 Å². The number of thioether (sulfide) groups is 1. The van der Waals surface area contributed by atoms with Gasteiger partial charge in [0.25, 0.3) is 5.56 Å². The third-order valence-electron chi connectivity index (χ3n) is 3.69. The molecule has 0 saturated heterocycles. The number of methoxy groups -OCH3 is 1. The summed E-state index contributed by atoms with van der Waals surface area (Å²) in [6.45, 7) is 3.33. The summed E-state index contributed by atoms with van der Waals surface area (Å²) >= 11 is 1.15. The number of nitrogens with zero attached hydrogens (tertiary/aromatic N) is 2. The highest BCUT2D eigenvalue weighted by molar-refractivity contribution is 7.99. The van der Waals surface area contributed by atoms with E-state index in [2.05, 4.69) is 15.0 Å². The number of para-hydroxylation sites is 1. The van der Waals surface area contributed by atoms with E-state index in [4.69, 9.17) is 4.74 Å². The zero-order valence-electron chi connectivity index (χ0n) is 15.4. The second-order valence-corrected chi connectivity index (χ2v) is 6.50. The summed E-state index contributed by atoms with van der Waals surface area (Å²) in [4.78, 5) is 40.4. The topological polar surface area (TPSA) is 99.5 Å². The second kappa shape index (κ2) is 10.7. The summed E-state index contributed by atoms with van der Waals surface area (Å²) < 4.78 is 11.4. The van der Waals surface area contributed by atoms with E-state index < -0.39 is 5.97 Å². The Kier molecular flexibility index (Phi) is 8.28. The number of aromatic nitrogens is 2. The van der Waals surface area contributed by atoms with Gasteiger partial charge >= 0.3 is 5.97 Å². The van der Waals surface area contributed by atoms with E-state index >= 15 is 0 Å². The Bertz CT molecular complexity index is 852. The number of ether oxygens (including phenoxy) is 2. The summed E-state index contributed by atoms with van der Waals surface area (Å²) in [5, 5.41) is 3.46. The Morgan fingerprint density at radius 3 is 2.81 bits per heavy atom. The van der Waals surface area contributed by atoms with Gasteiger partial charge < -0.3 is 14.8 Å². The molecule has 0 saturated carbocycles. The maximum Gasteiger partial charge on any atom is 0.325 e. The van der Waals surface area contributed by atoms with Crippen LogP contribution in [0.1, 0.15) is 13.3 Å². The molecule has 27 heavy (non-hydrogen) atoms. The Morgan fingerprint density at radius 2 is 2.07 bits per heavy atom. The quantitative estimate of drug-likeness (QED) is 0.280. The van der Waals surface area contributed by atoms with Crippen molar-refractivity contribution in [2.75, 3.05) is 32.6 Å². The van der Waals surface area contributed by atoms with Crippen LogP contribution in [0.5, 0.6) is 0 Å². The van der Waals surface area contributed by atoms with Gasteiger partial charge in [0, 0.05) is 19.8 Å². The maximum atomic E-state index is 12.8. The molecule has 9 heteroatoms. The Balaban J connectivity index is 2.16. The lowest BCUT2D eigenvalue weighted by molar-refractivity contribution is -0.140. The van der Waals surface area contributed by atoms with Gasteiger partial charge in [-0.15, -0.1) is 0 Å². The number of fused-ring (bicyclic) bond motifs is 1. The van der Waals surface area contributed by atoms with Crippen molar-refractivity contribution in [1.29, 1.82) is 0 Å². The summed E-state index contributed by atoms with van der Waals surface area (Å²) in [6, 6.07) is 7.11. The Hall–Kier alpha value is -2.39. The smallest absolute Gasteiger partial charge is 0.325 e. The molecule has 146 valence electrons. The van der Waals surface area contributed by atoms with Crippen LogP contribution in [0.4, 0.5) is 0 Å². The molecule has 1 heterocycles. The maximum absolute atomic E-state index is 12.8. The zero-order chi connectivity index (χ0) is 19.6. The van der Waals surface area contributed by atoms with Gasteiger partial charge in [-0.3, -0.25) is 19.0 Å². The minimum Gasteiger partial charge on any atom is -0.468 e. The Morgan fingerprint density at radius 1 is 1.30 bits per heavy atom. The number of rotatable bonds is 10. The first-order valence-corrected chi connectivity index (χ1v) is 9.59. The van der Waals surface area contributed by atoms with E-state index in [-0.39, 0.29) is 23.8 Å². The van der Waals surface area contributed by atoms with Gasteiger partial charge in [0.15, 0.2) is 5.16 Å². The monoisotopic (exact) mass is 393 g/mol. The fourth-order valence-corrected chi connectivity index (χ4v) is 3.20. The van der Waals surface area contributed by atoms with E-state index in [9.17, 15) is 14.4 Å². The average molecular weight is 393 g/mol. The standard InChI is InChI=1S/C18H23N3O5S/c1-3-26-10-6-9-21-17(24)13-7-4-5-8-14(13)20-18(21)27-12-15(22)19-11-16(23)25-2/h4-5,7-8H,3,6,9-12H2,1-2H3,(H,19,22). The fraction of sp³-hybridized carbons (Fsp3) is 0.444. The van der Waals surface area contributed by atoms with E-state index in [1.165, 1.54) is 7.11 Å². The summed E-state index contributed by atoms with van der Waals surface area (Å²) in [5.41, 5.74) is 0.440. The number of hydrogen-bond donors (Lipinski definition) is 1. The van der Waals surface area contributed by atoms with Crippen molar-refractivity contribution in [2.24, 2.45) is 0 Å². The van der Waals surface area contributed by atoms with Gasteiger partial charge in [0.05, 0.1) is 23.8 Å². The van der Waals surface area contributed by atoms with Crippen LogP contribution >= 0.6 is 11.8 Å². The van der Waals surface area contributed by atoms with Crippen molar-refractivity contribution in [3.8, 4) is 0 Å². The molecule has 0 aliphatic carbocycles. The van der Waals surface area contributed by atoms with Crippen LogP contribution in [0.3, 0.4) is 0 Å². The van der Waals surface area contributed by atoms with Gasteiger partial charge in [-0.05, 0) is 25.5 Å². The lowest BCUT2D eigenvalue weighted by Crippen LogP contribution is -2.32. The summed E-state index contributed by atoms with van der Waals surface area (Å²) in [6.07, 6.45) is 0.663. The van der Waals surface area contributed by atoms with Crippen molar-refractivity contribution < 1.29 is 19.1 Å². The van der Waals surface area contributed by atoms with Crippen LogP contribution in [-0.2, 0) is 25.6 Å². The number of carbonyl (C=O) groups excluding carboxylic acids is 2. The fourth-order valence-electron chi connectivity index (χ4n) is 2.35. The normalized spacial score (nSPS) is 10.7. The first-order chi connectivity index (χ1) is 13.1. The number of benzene rings is 1. The molecule has 0 spiro atoms. The predicted molar refractivity (Wildman–Crippen MR) is 103 cm³/mol. The van der Waals surface area contributed by atoms with E-state index in [0.29, 0.717) is 42.2 Å². The van der Waals surface area contributed by atoms with Crippen LogP contribution in [-0.4, -0.2) is 54.0 Å². The first-order valence-electron chi connectivity index (χ1n) is 8.60. The largest absolute Gasteiger partial charge is 0.468 e. The van der Waals surface area contributed by atoms with Crippen LogP contribution in [0.2, 0.25) is 0 Å². The van der Waals surface area contributed by atoms with Gasteiger partial charge in [0.2, 0.25) is 5.91 Å². The van der Waals surface area contributed by atoms with Crippen LogP contribution in [0.15, 0.2) is 34.2 Å². The highest BCUT2D eigenvalue weighted by Gasteiger charge is 2.13. The predicted octanol–water partition coefficient (Wildman–Crippen LogP) is 1.20. The number of carbonyl (C=O) groups is 2. The van der Waals surface area contributed by atoms with Gasteiger partial charge in [-0.25, -0.2) is 4.98 Å². The second-order valence-electron chi connectivity index (χ2n) is 5.56. The molecule has 0 fully saturated rings. The van der Waals surface area contributed by atoms with Crippen molar-refractivity contribution in [3.63, 3.8) is 0 Å². The van der Waals surface area contributed by atoms with Gasteiger partial charge in [-0.1, -0.05) is 23.9 Å². The minimum absolute atomic E-state index is 0.0350. The summed E-state index contributed by atoms with van der Waals surface area (Å²) in [7, 11) is 1.25. The van der Waals surface area contributed by atoms with Crippen LogP contribution in [0, 0.1) is 0 Å². The molecule has 2 aromatic rings. The number of nitrogens with one attached hydrogen (secondary N) is 1. The molecule has 1 N–H and O–H groups in total. The van der Waals surface area contributed by atoms with Crippen molar-refractivity contribution in [1.82, 2.24) is 14.9 Å². The zero-order valence-corrected chi connectivity index (χ0v) is 16.2. The molecule has 1 aromatic carbocycles. The lowest BCUT2D eigenvalue weighted by atomic mass is 10.2. The molecule has 0 aliphatic heterocycles. The molecule has 0 unspecified atom stereocenters. The molecule has 0 bridgehead atoms. The Labute approximate surface area is 161 Å². The number of esters is 1. The molecule has 0 radical (unpaired) electrons. The van der Waals surface area contributed by atoms with E-state index in [0.717, 1.165) is 11.8 Å². The number of amides is 1. The molecule has 1 amide bonds. The van der Waals surface area contributed by atoms with Crippen LogP contribution in [0.25, 0.3) is 10.9 Å². The SMILES string of the molecule is CCOCCCn1c(SCC(=O)NCC(=O)OC)nc2ccccc2c1=O. The van der Waals surface area contributed by atoms with E-state index in [1.54, 1.807) is 22.8 Å². The molecule has 0 aliphatic rings. The third-order valence-corrected chi connectivity index (χ3v) is 4.67. The minimum atomic E-state index is -0.523. The van der Waals surface area contributed by atoms with Crippen molar-refractivity contribution >= 4 is 34.5 Å². The van der Waals surface area contributed by atoms with Gasteiger partial charge in [0.1, 0.15) is 6.54 Å².